The first-order valence-electron chi connectivity index (χ1n) is 8.46. The van der Waals surface area contributed by atoms with Crippen molar-refractivity contribution in [1.29, 1.82) is 0 Å². The van der Waals surface area contributed by atoms with Crippen LogP contribution < -0.4 is 0 Å². The van der Waals surface area contributed by atoms with Gasteiger partial charge in [0.25, 0.3) is 0 Å². The number of aromatic nitrogens is 3. The largest absolute Gasteiger partial charge is 0.297 e. The van der Waals surface area contributed by atoms with Gasteiger partial charge in [-0.25, -0.2) is 9.50 Å². The van der Waals surface area contributed by atoms with Crippen molar-refractivity contribution in [1.82, 2.24) is 19.5 Å². The molecule has 1 fully saturated rings. The summed E-state index contributed by atoms with van der Waals surface area (Å²) in [7, 11) is 0. The number of hydrogen-bond donors (Lipinski definition) is 0. The lowest BCUT2D eigenvalue weighted by Crippen LogP contribution is -2.32. The van der Waals surface area contributed by atoms with Gasteiger partial charge in [-0.1, -0.05) is 30.7 Å². The summed E-state index contributed by atoms with van der Waals surface area (Å²) in [4.78, 5) is 7.01. The molecule has 0 amide bonds. The van der Waals surface area contributed by atoms with Crippen LogP contribution in [-0.4, -0.2) is 32.6 Å². The van der Waals surface area contributed by atoms with Crippen molar-refractivity contribution in [2.45, 2.75) is 32.2 Å². The molecule has 1 aromatic carbocycles. The highest BCUT2D eigenvalue weighted by molar-refractivity contribution is 5.63. The van der Waals surface area contributed by atoms with Crippen LogP contribution >= 0.6 is 0 Å². The average molecular weight is 306 g/mol. The molecule has 0 N–H and O–H groups in total. The van der Waals surface area contributed by atoms with Crippen LogP contribution in [0, 0.1) is 0 Å². The van der Waals surface area contributed by atoms with Gasteiger partial charge in [-0.05, 0) is 50.6 Å². The predicted octanol–water partition coefficient (Wildman–Crippen LogP) is 3.94. The van der Waals surface area contributed by atoms with Gasteiger partial charge in [-0.15, -0.1) is 0 Å². The van der Waals surface area contributed by atoms with E-state index in [1.165, 1.54) is 37.9 Å². The molecule has 0 bridgehead atoms. The lowest BCUT2D eigenvalue weighted by atomic mass is 10.0. The third kappa shape index (κ3) is 2.75. The minimum absolute atomic E-state index is 0.490. The molecule has 118 valence electrons. The molecule has 4 heteroatoms. The van der Waals surface area contributed by atoms with E-state index in [1.54, 1.807) is 6.20 Å². The topological polar surface area (TPSA) is 33.4 Å². The van der Waals surface area contributed by atoms with Crippen molar-refractivity contribution in [2.75, 3.05) is 13.1 Å². The highest BCUT2D eigenvalue weighted by Crippen LogP contribution is 2.27. The second-order valence-electron chi connectivity index (χ2n) is 6.33. The van der Waals surface area contributed by atoms with E-state index >= 15 is 0 Å². The Kier molecular flexibility index (Phi) is 3.83. The fourth-order valence-corrected chi connectivity index (χ4v) is 3.48. The van der Waals surface area contributed by atoms with Crippen LogP contribution in [0.25, 0.3) is 16.9 Å². The van der Waals surface area contributed by atoms with Crippen LogP contribution in [0.2, 0.25) is 0 Å². The van der Waals surface area contributed by atoms with Crippen LogP contribution in [-0.2, 0) is 0 Å². The van der Waals surface area contributed by atoms with Gasteiger partial charge in [0.05, 0.1) is 11.9 Å². The molecule has 4 rings (SSSR count). The molecule has 1 aliphatic rings. The standard InChI is InChI=1S/C19H22N4/c1-15(22-12-3-2-4-13-22)16-7-9-17(10-8-16)18-14-20-19-6-5-11-21-23(18)19/h5-11,14-15H,2-4,12-13H2,1H3. The third-order valence-corrected chi connectivity index (χ3v) is 4.91. The summed E-state index contributed by atoms with van der Waals surface area (Å²) in [6.07, 6.45) is 7.73. The third-order valence-electron chi connectivity index (χ3n) is 4.91. The summed E-state index contributed by atoms with van der Waals surface area (Å²) in [6.45, 7) is 4.76. The van der Waals surface area contributed by atoms with Crippen molar-refractivity contribution >= 4 is 5.65 Å². The van der Waals surface area contributed by atoms with E-state index in [2.05, 4.69) is 46.2 Å². The second kappa shape index (κ2) is 6.13. The van der Waals surface area contributed by atoms with Gasteiger partial charge in [-0.3, -0.25) is 4.90 Å². The number of imidazole rings is 1. The van der Waals surface area contributed by atoms with Gasteiger partial charge < -0.3 is 0 Å². The summed E-state index contributed by atoms with van der Waals surface area (Å²) in [6, 6.07) is 13.2. The summed E-state index contributed by atoms with van der Waals surface area (Å²) in [5.41, 5.74) is 4.47. The summed E-state index contributed by atoms with van der Waals surface area (Å²) < 4.78 is 1.89. The zero-order chi connectivity index (χ0) is 15.6. The fourth-order valence-electron chi connectivity index (χ4n) is 3.48. The number of rotatable bonds is 3. The van der Waals surface area contributed by atoms with E-state index in [4.69, 9.17) is 0 Å². The molecular weight excluding hydrogens is 284 g/mol. The monoisotopic (exact) mass is 306 g/mol. The van der Waals surface area contributed by atoms with Crippen molar-refractivity contribution in [2.24, 2.45) is 0 Å². The minimum Gasteiger partial charge on any atom is -0.297 e. The molecule has 3 heterocycles. The van der Waals surface area contributed by atoms with E-state index in [0.717, 1.165) is 16.9 Å². The number of piperidine rings is 1. The summed E-state index contributed by atoms with van der Waals surface area (Å²) >= 11 is 0. The average Bonchev–Trinajstić information content (AvgIpc) is 3.06. The molecule has 2 aromatic heterocycles. The molecule has 4 nitrogen and oxygen atoms in total. The molecule has 3 aromatic rings. The first kappa shape index (κ1) is 14.4. The maximum Gasteiger partial charge on any atom is 0.154 e. The van der Waals surface area contributed by atoms with Crippen LogP contribution in [0.4, 0.5) is 0 Å². The quantitative estimate of drug-likeness (QED) is 0.735. The Balaban J connectivity index is 1.60. The van der Waals surface area contributed by atoms with E-state index < -0.39 is 0 Å². The zero-order valence-corrected chi connectivity index (χ0v) is 13.5. The Bertz CT molecular complexity index is 784. The highest BCUT2D eigenvalue weighted by atomic mass is 15.2. The maximum atomic E-state index is 4.42. The molecule has 23 heavy (non-hydrogen) atoms. The Morgan fingerprint density at radius 3 is 2.57 bits per heavy atom. The normalized spacial score (nSPS) is 17.4. The van der Waals surface area contributed by atoms with Gasteiger partial charge >= 0.3 is 0 Å². The highest BCUT2D eigenvalue weighted by Gasteiger charge is 2.18. The first-order chi connectivity index (χ1) is 11.3. The van der Waals surface area contributed by atoms with Gasteiger partial charge in [-0.2, -0.15) is 5.10 Å². The second-order valence-corrected chi connectivity index (χ2v) is 6.33. The molecule has 0 aliphatic carbocycles. The molecule has 0 saturated carbocycles. The Labute approximate surface area is 136 Å². The Morgan fingerprint density at radius 1 is 1.00 bits per heavy atom. The smallest absolute Gasteiger partial charge is 0.154 e. The van der Waals surface area contributed by atoms with E-state index in [1.807, 2.05) is 22.8 Å². The predicted molar refractivity (Wildman–Crippen MR) is 92.3 cm³/mol. The fraction of sp³-hybridized carbons (Fsp3) is 0.368. The summed E-state index contributed by atoms with van der Waals surface area (Å²) in [5.74, 6) is 0. The summed E-state index contributed by atoms with van der Waals surface area (Å²) in [5, 5.41) is 4.39. The number of benzene rings is 1. The van der Waals surface area contributed by atoms with Gasteiger partial charge in [0.2, 0.25) is 0 Å². The van der Waals surface area contributed by atoms with Crippen LogP contribution in [0.3, 0.4) is 0 Å². The number of hydrogen-bond acceptors (Lipinski definition) is 3. The van der Waals surface area contributed by atoms with E-state index in [0.29, 0.717) is 6.04 Å². The number of fused-ring (bicyclic) bond motifs is 1. The molecule has 1 unspecified atom stereocenters. The van der Waals surface area contributed by atoms with Crippen LogP contribution in [0.5, 0.6) is 0 Å². The van der Waals surface area contributed by atoms with Crippen LogP contribution in [0.15, 0.2) is 48.8 Å². The SMILES string of the molecule is CC(c1ccc(-c2cnc3cccnn23)cc1)N1CCCCC1. The Hall–Kier alpha value is -2.20. The number of likely N-dealkylation sites (tertiary alicyclic amines) is 1. The van der Waals surface area contributed by atoms with Crippen molar-refractivity contribution in [3.63, 3.8) is 0 Å². The van der Waals surface area contributed by atoms with Crippen molar-refractivity contribution in [3.05, 3.63) is 54.4 Å². The van der Waals surface area contributed by atoms with Gasteiger partial charge in [0, 0.05) is 17.8 Å². The molecule has 0 spiro atoms. The molecular formula is C19H22N4. The lowest BCUT2D eigenvalue weighted by Gasteiger charge is -2.32. The van der Waals surface area contributed by atoms with Gasteiger partial charge in [0.15, 0.2) is 5.65 Å². The van der Waals surface area contributed by atoms with E-state index in [-0.39, 0.29) is 0 Å². The number of nitrogens with zero attached hydrogens (tertiary/aromatic N) is 4. The lowest BCUT2D eigenvalue weighted by molar-refractivity contribution is 0.175. The van der Waals surface area contributed by atoms with Crippen LogP contribution in [0.1, 0.15) is 37.8 Å². The zero-order valence-electron chi connectivity index (χ0n) is 13.5. The maximum absolute atomic E-state index is 4.42. The Morgan fingerprint density at radius 2 is 1.78 bits per heavy atom. The van der Waals surface area contributed by atoms with Crippen molar-refractivity contribution < 1.29 is 0 Å². The molecule has 0 radical (unpaired) electrons. The minimum atomic E-state index is 0.490. The van der Waals surface area contributed by atoms with Gasteiger partial charge in [0.1, 0.15) is 0 Å². The first-order valence-corrected chi connectivity index (χ1v) is 8.46. The van der Waals surface area contributed by atoms with Crippen molar-refractivity contribution in [3.8, 4) is 11.3 Å². The molecule has 1 atom stereocenters. The molecule has 1 saturated heterocycles. The van der Waals surface area contributed by atoms with E-state index in [9.17, 15) is 0 Å². The molecule has 1 aliphatic heterocycles.